The quantitative estimate of drug-likeness (QED) is 0.702. The van der Waals surface area contributed by atoms with Crippen LogP contribution in [0.25, 0.3) is 11.3 Å². The summed E-state index contributed by atoms with van der Waals surface area (Å²) in [5.74, 6) is 0.522. The highest BCUT2D eigenvalue weighted by Gasteiger charge is 2.10. The molecule has 0 atom stereocenters. The number of benzene rings is 1. The Bertz CT molecular complexity index is 408. The predicted octanol–water partition coefficient (Wildman–Crippen LogP) is 1.32. The highest BCUT2D eigenvalue weighted by atomic mass is 16.5. The molecule has 4 heteroatoms. The van der Waals surface area contributed by atoms with Crippen LogP contribution in [-0.2, 0) is 0 Å². The Morgan fingerprint density at radius 3 is 2.43 bits per heavy atom. The molecule has 0 bridgehead atoms. The fourth-order valence-corrected chi connectivity index (χ4v) is 1.15. The lowest BCUT2D eigenvalue weighted by Crippen LogP contribution is -1.93. The van der Waals surface area contributed by atoms with E-state index in [-0.39, 0.29) is 5.69 Å². The number of aliphatic hydroxyl groups is 2. The molecule has 0 saturated carbocycles. The first kappa shape index (κ1) is 8.93. The first-order chi connectivity index (χ1) is 6.77. The van der Waals surface area contributed by atoms with Gasteiger partial charge in [0.15, 0.2) is 12.1 Å². The molecule has 0 aliphatic carbocycles. The fourth-order valence-electron chi connectivity index (χ4n) is 1.15. The number of hydrogen-bond donors (Lipinski definition) is 2. The van der Waals surface area contributed by atoms with Crippen molar-refractivity contribution >= 4 is 0 Å². The minimum absolute atomic E-state index is 0.115. The molecule has 72 valence electrons. The molecule has 1 heterocycles. The van der Waals surface area contributed by atoms with Crippen LogP contribution >= 0.6 is 0 Å². The van der Waals surface area contributed by atoms with Crippen LogP contribution in [-0.4, -0.2) is 15.4 Å². The second kappa shape index (κ2) is 3.61. The zero-order valence-electron chi connectivity index (χ0n) is 7.29. The lowest BCUT2D eigenvalue weighted by atomic mass is 10.2. The van der Waals surface area contributed by atoms with E-state index in [1.165, 1.54) is 6.07 Å². The van der Waals surface area contributed by atoms with Gasteiger partial charge in [-0.1, -0.05) is 35.5 Å². The topological polar surface area (TPSA) is 66.5 Å². The number of hydrogen-bond acceptors (Lipinski definition) is 4. The summed E-state index contributed by atoms with van der Waals surface area (Å²) in [5.41, 5.74) is 0.968. The lowest BCUT2D eigenvalue weighted by Gasteiger charge is -1.93. The molecular formula is C10H9NO3. The molecule has 2 aromatic rings. The largest absolute Gasteiger partial charge is 0.363 e. The minimum Gasteiger partial charge on any atom is -0.363 e. The van der Waals surface area contributed by atoms with Gasteiger partial charge in [-0.05, 0) is 0 Å². The standard InChI is InChI=1S/C10H9NO3/c12-10(13)8-6-9(14-11-8)7-4-2-1-3-5-7/h1-6,10,12-13H. The molecule has 0 aliphatic heterocycles. The third kappa shape index (κ3) is 1.66. The monoisotopic (exact) mass is 191 g/mol. The minimum atomic E-state index is -1.59. The normalized spacial score (nSPS) is 10.8. The van der Waals surface area contributed by atoms with Gasteiger partial charge in [-0.25, -0.2) is 0 Å². The summed E-state index contributed by atoms with van der Waals surface area (Å²) in [6.07, 6.45) is -1.59. The van der Waals surface area contributed by atoms with Crippen LogP contribution in [0.2, 0.25) is 0 Å². The van der Waals surface area contributed by atoms with Gasteiger partial charge in [0.1, 0.15) is 5.69 Å². The molecule has 1 aromatic heterocycles. The van der Waals surface area contributed by atoms with Gasteiger partial charge in [-0.2, -0.15) is 0 Å². The van der Waals surface area contributed by atoms with E-state index in [0.717, 1.165) is 5.56 Å². The van der Waals surface area contributed by atoms with E-state index < -0.39 is 6.29 Å². The summed E-state index contributed by atoms with van der Waals surface area (Å²) in [5, 5.41) is 21.2. The van der Waals surface area contributed by atoms with Crippen LogP contribution in [0.5, 0.6) is 0 Å². The van der Waals surface area contributed by atoms with Crippen LogP contribution < -0.4 is 0 Å². The van der Waals surface area contributed by atoms with Crippen molar-refractivity contribution in [1.29, 1.82) is 0 Å². The third-order valence-electron chi connectivity index (χ3n) is 1.85. The summed E-state index contributed by atoms with van der Waals surface area (Å²) in [6.45, 7) is 0. The summed E-state index contributed by atoms with van der Waals surface area (Å²) >= 11 is 0. The zero-order valence-corrected chi connectivity index (χ0v) is 7.29. The molecule has 2 N–H and O–H groups in total. The summed E-state index contributed by atoms with van der Waals surface area (Å²) in [6, 6.07) is 10.8. The smallest absolute Gasteiger partial charge is 0.199 e. The van der Waals surface area contributed by atoms with E-state index in [1.807, 2.05) is 30.3 Å². The highest BCUT2D eigenvalue weighted by molar-refractivity contribution is 5.56. The number of aromatic nitrogens is 1. The van der Waals surface area contributed by atoms with Crippen LogP contribution in [0.15, 0.2) is 40.9 Å². The van der Waals surface area contributed by atoms with E-state index in [0.29, 0.717) is 5.76 Å². The fraction of sp³-hybridized carbons (Fsp3) is 0.100. The van der Waals surface area contributed by atoms with Crippen LogP contribution in [0, 0.1) is 0 Å². The van der Waals surface area contributed by atoms with Crippen molar-refractivity contribution in [1.82, 2.24) is 5.16 Å². The van der Waals surface area contributed by atoms with Crippen molar-refractivity contribution < 1.29 is 14.7 Å². The zero-order chi connectivity index (χ0) is 9.97. The molecule has 0 saturated heterocycles. The molecule has 0 aliphatic rings. The van der Waals surface area contributed by atoms with Gasteiger partial charge in [0, 0.05) is 11.6 Å². The second-order valence-electron chi connectivity index (χ2n) is 2.86. The number of nitrogens with zero attached hydrogens (tertiary/aromatic N) is 1. The Hall–Kier alpha value is -1.65. The number of aliphatic hydroxyl groups excluding tert-OH is 1. The molecule has 0 radical (unpaired) electrons. The summed E-state index contributed by atoms with van der Waals surface area (Å²) < 4.78 is 4.94. The van der Waals surface area contributed by atoms with Gasteiger partial charge in [0.25, 0.3) is 0 Å². The van der Waals surface area contributed by atoms with Gasteiger partial charge >= 0.3 is 0 Å². The van der Waals surface area contributed by atoms with E-state index in [4.69, 9.17) is 14.7 Å². The SMILES string of the molecule is OC(O)c1cc(-c2ccccc2)on1. The Kier molecular flexibility index (Phi) is 2.30. The maximum absolute atomic E-state index is 8.82. The van der Waals surface area contributed by atoms with Crippen LogP contribution in [0.1, 0.15) is 12.0 Å². The molecule has 1 aromatic carbocycles. The second-order valence-corrected chi connectivity index (χ2v) is 2.86. The Morgan fingerprint density at radius 1 is 1.14 bits per heavy atom. The first-order valence-corrected chi connectivity index (χ1v) is 4.15. The van der Waals surface area contributed by atoms with Crippen molar-refractivity contribution in [2.75, 3.05) is 0 Å². The van der Waals surface area contributed by atoms with E-state index in [1.54, 1.807) is 0 Å². The Labute approximate surface area is 80.4 Å². The molecule has 2 rings (SSSR count). The van der Waals surface area contributed by atoms with Crippen molar-refractivity contribution in [3.8, 4) is 11.3 Å². The van der Waals surface area contributed by atoms with Gasteiger partial charge in [0.05, 0.1) is 0 Å². The van der Waals surface area contributed by atoms with Gasteiger partial charge in [0.2, 0.25) is 0 Å². The molecular weight excluding hydrogens is 182 g/mol. The van der Waals surface area contributed by atoms with E-state index in [2.05, 4.69) is 5.16 Å². The van der Waals surface area contributed by atoms with Gasteiger partial charge < -0.3 is 14.7 Å². The van der Waals surface area contributed by atoms with Gasteiger partial charge in [-0.3, -0.25) is 0 Å². The average Bonchev–Trinajstić information content (AvgIpc) is 2.68. The molecule has 0 unspecified atom stereocenters. The van der Waals surface area contributed by atoms with Crippen LogP contribution in [0.4, 0.5) is 0 Å². The van der Waals surface area contributed by atoms with E-state index >= 15 is 0 Å². The maximum Gasteiger partial charge on any atom is 0.199 e. The highest BCUT2D eigenvalue weighted by Crippen LogP contribution is 2.21. The van der Waals surface area contributed by atoms with Crippen molar-refractivity contribution in [3.05, 3.63) is 42.1 Å². The molecule has 0 spiro atoms. The molecule has 4 nitrogen and oxygen atoms in total. The van der Waals surface area contributed by atoms with Crippen molar-refractivity contribution in [2.45, 2.75) is 6.29 Å². The number of rotatable bonds is 2. The molecule has 0 amide bonds. The van der Waals surface area contributed by atoms with Gasteiger partial charge in [-0.15, -0.1) is 0 Å². The first-order valence-electron chi connectivity index (χ1n) is 4.15. The lowest BCUT2D eigenvalue weighted by molar-refractivity contribution is -0.0476. The summed E-state index contributed by atoms with van der Waals surface area (Å²) in [4.78, 5) is 0. The van der Waals surface area contributed by atoms with E-state index in [9.17, 15) is 0 Å². The Balaban J connectivity index is 2.34. The Morgan fingerprint density at radius 2 is 1.86 bits per heavy atom. The van der Waals surface area contributed by atoms with Crippen LogP contribution in [0.3, 0.4) is 0 Å². The van der Waals surface area contributed by atoms with Crippen molar-refractivity contribution in [2.24, 2.45) is 0 Å². The maximum atomic E-state index is 8.82. The third-order valence-corrected chi connectivity index (χ3v) is 1.85. The molecule has 0 fully saturated rings. The predicted molar refractivity (Wildman–Crippen MR) is 49.1 cm³/mol. The van der Waals surface area contributed by atoms with Crippen molar-refractivity contribution in [3.63, 3.8) is 0 Å². The average molecular weight is 191 g/mol. The molecule has 14 heavy (non-hydrogen) atoms. The summed E-state index contributed by atoms with van der Waals surface area (Å²) in [7, 11) is 0.